The van der Waals surface area contributed by atoms with Gasteiger partial charge in [-0.25, -0.2) is 8.42 Å². The number of aryl methyl sites for hydroxylation is 2. The van der Waals surface area contributed by atoms with Gasteiger partial charge >= 0.3 is 5.97 Å². The van der Waals surface area contributed by atoms with Crippen molar-refractivity contribution in [3.8, 4) is 5.75 Å². The number of hydrogen-bond acceptors (Lipinski definition) is 6. The molecule has 1 fully saturated rings. The predicted octanol–water partition coefficient (Wildman–Crippen LogP) is 1.47. The minimum absolute atomic E-state index is 0.0322. The van der Waals surface area contributed by atoms with E-state index in [1.54, 1.807) is 17.7 Å². The summed E-state index contributed by atoms with van der Waals surface area (Å²) in [4.78, 5) is 27.7. The summed E-state index contributed by atoms with van der Waals surface area (Å²) in [6.45, 7) is 7.32. The summed E-state index contributed by atoms with van der Waals surface area (Å²) in [6, 6.07) is 1.65. The molecule has 8 nitrogen and oxygen atoms in total. The van der Waals surface area contributed by atoms with Crippen LogP contribution in [-0.2, 0) is 20.2 Å². The van der Waals surface area contributed by atoms with E-state index in [1.165, 1.54) is 0 Å². The van der Waals surface area contributed by atoms with Gasteiger partial charge in [-0.15, -0.1) is 0 Å². The molecular weight excluding hydrogens is 382 g/mol. The maximum Gasteiger partial charge on any atom is 0.312 e. The molecule has 2 aliphatic rings. The third-order valence-corrected chi connectivity index (χ3v) is 7.69. The van der Waals surface area contributed by atoms with Crippen LogP contribution in [-0.4, -0.2) is 40.7 Å². The number of rotatable bonds is 2. The topological polar surface area (TPSA) is 111 Å². The molecule has 1 N–H and O–H groups in total. The quantitative estimate of drug-likeness (QED) is 0.758. The molecule has 150 valence electrons. The molecule has 28 heavy (non-hydrogen) atoms. The summed E-state index contributed by atoms with van der Waals surface area (Å²) in [7, 11) is -3.11. The summed E-state index contributed by atoms with van der Waals surface area (Å²) in [6.07, 6.45) is 0.529. The lowest BCUT2D eigenvalue weighted by atomic mass is 9.85. The van der Waals surface area contributed by atoms with E-state index < -0.39 is 27.3 Å². The number of fused-ring (bicyclic) bond motifs is 1. The fourth-order valence-electron chi connectivity index (χ4n) is 4.61. The lowest BCUT2D eigenvalue weighted by molar-refractivity contribution is -0.135. The predicted molar refractivity (Wildman–Crippen MR) is 103 cm³/mol. The van der Waals surface area contributed by atoms with Crippen LogP contribution in [0.5, 0.6) is 5.75 Å². The van der Waals surface area contributed by atoms with Gasteiger partial charge in [-0.3, -0.25) is 14.3 Å². The van der Waals surface area contributed by atoms with Gasteiger partial charge in [-0.2, -0.15) is 5.10 Å². The molecule has 2 aromatic heterocycles. The van der Waals surface area contributed by atoms with Gasteiger partial charge in [-0.05, 0) is 34.1 Å². The van der Waals surface area contributed by atoms with E-state index in [2.05, 4.69) is 10.1 Å². The number of nitrogens with zero attached hydrogens (tertiary/aromatic N) is 2. The number of H-pyrrole nitrogens is 1. The first-order valence-corrected chi connectivity index (χ1v) is 11.0. The van der Waals surface area contributed by atoms with E-state index in [-0.39, 0.29) is 29.2 Å². The standard InChI is InChI=1S/C19H23N3O5S/c1-10-7-14-17(18(24)20-10)13(8-15(23)27-14)16-11(2)21-22(12(16)3)19(4)5-6-28(25,26)9-19/h7,13H,5-6,8-9H2,1-4H3,(H,20,24)/t13-,19-/m1/s1. The van der Waals surface area contributed by atoms with Gasteiger partial charge in [0.1, 0.15) is 5.75 Å². The summed E-state index contributed by atoms with van der Waals surface area (Å²) in [5.74, 6) is -0.428. The fourth-order valence-corrected chi connectivity index (χ4v) is 6.72. The van der Waals surface area contributed by atoms with Crippen molar-refractivity contribution in [3.05, 3.63) is 44.6 Å². The molecular formula is C19H23N3O5S. The molecule has 0 saturated carbocycles. The number of aromatic nitrogens is 3. The monoisotopic (exact) mass is 405 g/mol. The summed E-state index contributed by atoms with van der Waals surface area (Å²) >= 11 is 0. The Morgan fingerprint density at radius 3 is 2.61 bits per heavy atom. The molecule has 0 bridgehead atoms. The highest BCUT2D eigenvalue weighted by atomic mass is 32.2. The lowest BCUT2D eigenvalue weighted by Crippen LogP contribution is -2.33. The highest BCUT2D eigenvalue weighted by Gasteiger charge is 2.43. The minimum atomic E-state index is -3.11. The molecule has 0 radical (unpaired) electrons. The van der Waals surface area contributed by atoms with Crippen LogP contribution >= 0.6 is 0 Å². The number of carbonyl (C=O) groups is 1. The molecule has 4 heterocycles. The number of ether oxygens (including phenoxy) is 1. The smallest absolute Gasteiger partial charge is 0.312 e. The van der Waals surface area contributed by atoms with E-state index in [9.17, 15) is 18.0 Å². The second-order valence-corrected chi connectivity index (χ2v) is 10.3. The van der Waals surface area contributed by atoms with Gasteiger partial charge in [0, 0.05) is 28.9 Å². The van der Waals surface area contributed by atoms with E-state index in [0.29, 0.717) is 23.4 Å². The van der Waals surface area contributed by atoms with Crippen molar-refractivity contribution < 1.29 is 17.9 Å². The van der Waals surface area contributed by atoms with Gasteiger partial charge in [-0.1, -0.05) is 0 Å². The maximum atomic E-state index is 12.7. The number of carbonyl (C=O) groups excluding carboxylic acids is 1. The maximum absolute atomic E-state index is 12.7. The van der Waals surface area contributed by atoms with Crippen LogP contribution in [0, 0.1) is 20.8 Å². The number of nitrogens with one attached hydrogen (secondary N) is 1. The highest BCUT2D eigenvalue weighted by molar-refractivity contribution is 7.91. The van der Waals surface area contributed by atoms with Gasteiger partial charge in [0.25, 0.3) is 5.56 Å². The van der Waals surface area contributed by atoms with Crippen molar-refractivity contribution in [1.29, 1.82) is 0 Å². The molecule has 0 unspecified atom stereocenters. The zero-order valence-electron chi connectivity index (χ0n) is 16.3. The van der Waals surface area contributed by atoms with Gasteiger partial charge in [0.2, 0.25) is 0 Å². The lowest BCUT2D eigenvalue weighted by Gasteiger charge is -2.27. The first kappa shape index (κ1) is 18.9. The van der Waals surface area contributed by atoms with E-state index in [1.807, 2.05) is 20.8 Å². The van der Waals surface area contributed by atoms with Crippen molar-refractivity contribution >= 4 is 15.8 Å². The van der Waals surface area contributed by atoms with Crippen molar-refractivity contribution in [1.82, 2.24) is 14.8 Å². The first-order valence-electron chi connectivity index (χ1n) is 9.22. The molecule has 1 saturated heterocycles. The van der Waals surface area contributed by atoms with Crippen LogP contribution < -0.4 is 10.3 Å². The number of hydrogen-bond donors (Lipinski definition) is 1. The summed E-state index contributed by atoms with van der Waals surface area (Å²) < 4.78 is 31.2. The SMILES string of the molecule is Cc1cc2c(c(=O)[nH]1)[C@@H](c1c(C)nn([C@]3(C)CCS(=O)(=O)C3)c1C)CC(=O)O2. The molecule has 2 aromatic rings. The Labute approximate surface area is 162 Å². The third-order valence-electron chi connectivity index (χ3n) is 5.80. The molecule has 4 rings (SSSR count). The highest BCUT2D eigenvalue weighted by Crippen LogP contribution is 2.41. The van der Waals surface area contributed by atoms with Crippen LogP contribution in [0.4, 0.5) is 0 Å². The molecule has 2 atom stereocenters. The zero-order chi connectivity index (χ0) is 20.4. The van der Waals surface area contributed by atoms with E-state index >= 15 is 0 Å². The Morgan fingerprint density at radius 2 is 1.96 bits per heavy atom. The van der Waals surface area contributed by atoms with Gasteiger partial charge in [0.05, 0.1) is 34.7 Å². The zero-order valence-corrected chi connectivity index (χ0v) is 17.1. The van der Waals surface area contributed by atoms with Crippen molar-refractivity contribution in [2.24, 2.45) is 0 Å². The normalized spacial score (nSPS) is 26.1. The minimum Gasteiger partial charge on any atom is -0.426 e. The van der Waals surface area contributed by atoms with Gasteiger partial charge < -0.3 is 9.72 Å². The average Bonchev–Trinajstić information content (AvgIpc) is 3.02. The molecule has 9 heteroatoms. The number of esters is 1. The number of sulfone groups is 1. The Bertz CT molecular complexity index is 1160. The summed E-state index contributed by atoms with van der Waals surface area (Å²) in [5, 5.41) is 4.64. The summed E-state index contributed by atoms with van der Waals surface area (Å²) in [5.41, 5.74) is 2.37. The third kappa shape index (κ3) is 2.88. The average molecular weight is 405 g/mol. The van der Waals surface area contributed by atoms with E-state index in [4.69, 9.17) is 4.74 Å². The van der Waals surface area contributed by atoms with E-state index in [0.717, 1.165) is 11.3 Å². The van der Waals surface area contributed by atoms with Gasteiger partial charge in [0.15, 0.2) is 9.84 Å². The van der Waals surface area contributed by atoms with Crippen LogP contribution in [0.2, 0.25) is 0 Å². The number of aromatic amines is 1. The second-order valence-electron chi connectivity index (χ2n) is 8.13. The Hall–Kier alpha value is -2.42. The molecule has 0 amide bonds. The largest absolute Gasteiger partial charge is 0.426 e. The first-order chi connectivity index (χ1) is 13.0. The Morgan fingerprint density at radius 1 is 1.25 bits per heavy atom. The molecule has 2 aliphatic heterocycles. The second kappa shape index (κ2) is 6.04. The van der Waals surface area contributed by atoms with Crippen LogP contribution in [0.3, 0.4) is 0 Å². The fraction of sp³-hybridized carbons (Fsp3) is 0.526. The van der Waals surface area contributed by atoms with Crippen LogP contribution in [0.1, 0.15) is 53.9 Å². The Kier molecular flexibility index (Phi) is 4.08. The van der Waals surface area contributed by atoms with Crippen molar-refractivity contribution in [2.75, 3.05) is 11.5 Å². The van der Waals surface area contributed by atoms with Crippen molar-refractivity contribution in [2.45, 2.75) is 52.0 Å². The molecule has 0 aromatic carbocycles. The van der Waals surface area contributed by atoms with Crippen molar-refractivity contribution in [3.63, 3.8) is 0 Å². The number of pyridine rings is 1. The molecule has 0 aliphatic carbocycles. The molecule has 0 spiro atoms. The van der Waals surface area contributed by atoms with Crippen LogP contribution in [0.15, 0.2) is 10.9 Å². The Balaban J connectivity index is 1.88. The van der Waals surface area contributed by atoms with Crippen LogP contribution in [0.25, 0.3) is 0 Å².